The number of aliphatic carboxylic acids is 1. The zero-order valence-corrected chi connectivity index (χ0v) is 25.4. The number of rotatable bonds is 14. The lowest BCUT2D eigenvalue weighted by molar-refractivity contribution is -0.138. The van der Waals surface area contributed by atoms with Gasteiger partial charge in [0.15, 0.2) is 0 Å². The Morgan fingerprint density at radius 1 is 0.884 bits per heavy atom. The summed E-state index contributed by atoms with van der Waals surface area (Å²) in [4.78, 5) is 14.8. The molecule has 0 radical (unpaired) electrons. The first-order valence-electron chi connectivity index (χ1n) is 14.4. The van der Waals surface area contributed by atoms with Crippen LogP contribution in [-0.4, -0.2) is 34.5 Å². The fourth-order valence-corrected chi connectivity index (χ4v) is 5.86. The number of carboxylic acid groups (broad SMARTS) is 1. The third kappa shape index (κ3) is 8.54. The van der Waals surface area contributed by atoms with Gasteiger partial charge in [-0.2, -0.15) is 0 Å². The van der Waals surface area contributed by atoms with Crippen LogP contribution in [0.5, 0.6) is 17.2 Å². The summed E-state index contributed by atoms with van der Waals surface area (Å²) in [5.41, 5.74) is 12.5. The molecular weight excluding hydrogens is 560 g/mol. The molecule has 224 valence electrons. The molecule has 5 rings (SSSR count). The number of nitrogens with two attached hydrogens (primary N) is 1. The highest BCUT2D eigenvalue weighted by molar-refractivity contribution is 7.99. The van der Waals surface area contributed by atoms with Crippen LogP contribution in [0.3, 0.4) is 0 Å². The first-order valence-corrected chi connectivity index (χ1v) is 15.4. The lowest BCUT2D eigenvalue weighted by Crippen LogP contribution is -2.35. The summed E-state index contributed by atoms with van der Waals surface area (Å²) >= 11 is 1.65. The Morgan fingerprint density at radius 2 is 1.53 bits per heavy atom. The SMILES string of the molecule is Cc1cccc(COc2ccccc2CN(CC[C@H](N)C(=O)O)Cc2cc3c(cc2OCc2cccc(C)c2)OCS3)c1. The maximum Gasteiger partial charge on any atom is 0.320 e. The number of para-hydroxylation sites is 1. The van der Waals surface area contributed by atoms with Crippen molar-refractivity contribution >= 4 is 17.7 Å². The second-order valence-electron chi connectivity index (χ2n) is 10.9. The molecule has 0 unspecified atom stereocenters. The highest BCUT2D eigenvalue weighted by Crippen LogP contribution is 2.41. The second-order valence-corrected chi connectivity index (χ2v) is 11.9. The molecule has 8 heteroatoms. The van der Waals surface area contributed by atoms with Crippen molar-refractivity contribution in [2.45, 2.75) is 57.5 Å². The van der Waals surface area contributed by atoms with Crippen LogP contribution in [-0.2, 0) is 31.1 Å². The molecule has 1 aliphatic heterocycles. The van der Waals surface area contributed by atoms with Gasteiger partial charge >= 0.3 is 5.97 Å². The minimum Gasteiger partial charge on any atom is -0.489 e. The predicted molar refractivity (Wildman–Crippen MR) is 170 cm³/mol. The first kappa shape index (κ1) is 30.5. The maximum atomic E-state index is 11.6. The summed E-state index contributed by atoms with van der Waals surface area (Å²) in [5.74, 6) is 1.93. The van der Waals surface area contributed by atoms with Gasteiger partial charge in [-0.3, -0.25) is 9.69 Å². The van der Waals surface area contributed by atoms with Gasteiger partial charge in [0.25, 0.3) is 0 Å². The molecule has 1 heterocycles. The molecule has 4 aromatic rings. The summed E-state index contributed by atoms with van der Waals surface area (Å²) < 4.78 is 18.5. The van der Waals surface area contributed by atoms with Crippen molar-refractivity contribution in [1.82, 2.24) is 4.90 Å². The number of hydrogen-bond donors (Lipinski definition) is 2. The van der Waals surface area contributed by atoms with Crippen molar-refractivity contribution in [3.8, 4) is 17.2 Å². The van der Waals surface area contributed by atoms with E-state index in [4.69, 9.17) is 19.9 Å². The fraction of sp³-hybridized carbons (Fsp3) is 0.286. The van der Waals surface area contributed by atoms with Gasteiger partial charge in [-0.15, -0.1) is 0 Å². The Balaban J connectivity index is 1.38. The molecule has 4 aromatic carbocycles. The summed E-state index contributed by atoms with van der Waals surface area (Å²) in [6.45, 7) is 6.60. The van der Waals surface area contributed by atoms with Crippen molar-refractivity contribution < 1.29 is 24.1 Å². The zero-order valence-electron chi connectivity index (χ0n) is 24.6. The average Bonchev–Trinajstić information content (AvgIpc) is 3.45. The van der Waals surface area contributed by atoms with Crippen LogP contribution in [0.15, 0.2) is 89.8 Å². The second kappa shape index (κ2) is 14.5. The van der Waals surface area contributed by atoms with E-state index in [9.17, 15) is 9.90 Å². The Hall–Kier alpha value is -3.98. The standard InChI is InChI=1S/C35H38N2O5S/c1-24-7-5-9-26(15-24)21-40-31-12-4-3-11-28(31)19-37(14-13-30(36)35(38)39)20-29-17-34-33(42-23-43-34)18-32(29)41-22-27-10-6-8-25(2)16-27/h3-12,15-18,30H,13-14,19-23,36H2,1-2H3,(H,38,39)/t30-/m0/s1. The van der Waals surface area contributed by atoms with Crippen LogP contribution in [0.25, 0.3) is 0 Å². The Morgan fingerprint density at radius 3 is 2.21 bits per heavy atom. The summed E-state index contributed by atoms with van der Waals surface area (Å²) in [7, 11) is 0. The van der Waals surface area contributed by atoms with Crippen LogP contribution < -0.4 is 19.9 Å². The van der Waals surface area contributed by atoms with Crippen molar-refractivity contribution in [2.24, 2.45) is 5.73 Å². The van der Waals surface area contributed by atoms with E-state index in [-0.39, 0.29) is 0 Å². The van der Waals surface area contributed by atoms with Crippen LogP contribution in [0, 0.1) is 13.8 Å². The van der Waals surface area contributed by atoms with Crippen molar-refractivity contribution in [3.05, 3.63) is 118 Å². The van der Waals surface area contributed by atoms with Gasteiger partial charge in [0.05, 0.1) is 4.90 Å². The minimum absolute atomic E-state index is 0.309. The summed E-state index contributed by atoms with van der Waals surface area (Å²) in [6, 6.07) is 27.7. The number of fused-ring (bicyclic) bond motifs is 1. The number of thioether (sulfide) groups is 1. The lowest BCUT2D eigenvalue weighted by Gasteiger charge is -2.26. The summed E-state index contributed by atoms with van der Waals surface area (Å²) in [5, 5.41) is 9.46. The Kier molecular flexibility index (Phi) is 10.3. The lowest BCUT2D eigenvalue weighted by atomic mass is 10.1. The molecule has 43 heavy (non-hydrogen) atoms. The molecule has 0 aliphatic carbocycles. The van der Waals surface area contributed by atoms with E-state index < -0.39 is 12.0 Å². The van der Waals surface area contributed by atoms with Crippen molar-refractivity contribution in [1.29, 1.82) is 0 Å². The van der Waals surface area contributed by atoms with E-state index in [1.54, 1.807) is 11.8 Å². The molecule has 0 spiro atoms. The number of benzene rings is 4. The van der Waals surface area contributed by atoms with Gasteiger partial charge in [0.1, 0.15) is 42.4 Å². The van der Waals surface area contributed by atoms with Crippen molar-refractivity contribution in [3.63, 3.8) is 0 Å². The number of carbonyl (C=O) groups is 1. The fourth-order valence-electron chi connectivity index (χ4n) is 5.07. The van der Waals surface area contributed by atoms with Crippen LogP contribution in [0.1, 0.15) is 39.8 Å². The number of ether oxygens (including phenoxy) is 3. The highest BCUT2D eigenvalue weighted by Gasteiger charge is 2.21. The first-order chi connectivity index (χ1) is 20.8. The normalized spacial score (nSPS) is 12.9. The quantitative estimate of drug-likeness (QED) is 0.166. The zero-order chi connectivity index (χ0) is 30.2. The van der Waals surface area contributed by atoms with Crippen molar-refractivity contribution in [2.75, 3.05) is 12.5 Å². The predicted octanol–water partition coefficient (Wildman–Crippen LogP) is 6.71. The van der Waals surface area contributed by atoms with E-state index in [0.29, 0.717) is 45.2 Å². The Labute approximate surface area is 257 Å². The van der Waals surface area contributed by atoms with Gasteiger partial charge in [-0.1, -0.05) is 89.6 Å². The molecule has 1 aliphatic rings. The molecule has 0 fully saturated rings. The topological polar surface area (TPSA) is 94.3 Å². The van der Waals surface area contributed by atoms with Crippen LogP contribution in [0.4, 0.5) is 0 Å². The third-order valence-electron chi connectivity index (χ3n) is 7.34. The van der Waals surface area contributed by atoms with E-state index >= 15 is 0 Å². The number of hydrogen-bond acceptors (Lipinski definition) is 7. The smallest absolute Gasteiger partial charge is 0.320 e. The van der Waals surface area contributed by atoms with Gasteiger partial charge in [-0.25, -0.2) is 0 Å². The van der Waals surface area contributed by atoms with Crippen LogP contribution in [0.2, 0.25) is 0 Å². The highest BCUT2D eigenvalue weighted by atomic mass is 32.2. The number of carboxylic acids is 1. The molecular formula is C35H38N2O5S. The Bertz CT molecular complexity index is 1560. The van der Waals surface area contributed by atoms with Gasteiger partial charge in [0, 0.05) is 36.8 Å². The largest absolute Gasteiger partial charge is 0.489 e. The maximum absolute atomic E-state index is 11.6. The van der Waals surface area contributed by atoms with E-state index in [2.05, 4.69) is 67.3 Å². The van der Waals surface area contributed by atoms with Gasteiger partial charge < -0.3 is 25.1 Å². The third-order valence-corrected chi connectivity index (χ3v) is 8.21. The molecule has 3 N–H and O–H groups in total. The minimum atomic E-state index is -1.00. The molecule has 7 nitrogen and oxygen atoms in total. The molecule has 0 aromatic heterocycles. The van der Waals surface area contributed by atoms with E-state index in [0.717, 1.165) is 44.4 Å². The molecule has 0 saturated carbocycles. The average molecular weight is 599 g/mol. The molecule has 1 atom stereocenters. The van der Waals surface area contributed by atoms with Gasteiger partial charge in [-0.05, 0) is 43.5 Å². The number of nitrogens with zero attached hydrogens (tertiary/aromatic N) is 1. The monoisotopic (exact) mass is 598 g/mol. The summed E-state index contributed by atoms with van der Waals surface area (Å²) in [6.07, 6.45) is 0.309. The van der Waals surface area contributed by atoms with E-state index in [1.165, 1.54) is 11.1 Å². The van der Waals surface area contributed by atoms with E-state index in [1.807, 2.05) is 36.4 Å². The molecule has 0 amide bonds. The number of aryl methyl sites for hydroxylation is 2. The van der Waals surface area contributed by atoms with Crippen LogP contribution >= 0.6 is 11.8 Å². The molecule has 0 bridgehead atoms. The molecule has 0 saturated heterocycles. The van der Waals surface area contributed by atoms with Gasteiger partial charge in [0.2, 0.25) is 0 Å².